The molecule has 0 saturated heterocycles. The van der Waals surface area contributed by atoms with E-state index in [1.54, 1.807) is 12.1 Å². The van der Waals surface area contributed by atoms with E-state index >= 15 is 0 Å². The molecular formula is C22H24F3N3S. The highest BCUT2D eigenvalue weighted by atomic mass is 32.2. The fourth-order valence-corrected chi connectivity index (χ4v) is 4.29. The van der Waals surface area contributed by atoms with Crippen LogP contribution in [0, 0.1) is 5.82 Å². The topological polar surface area (TPSA) is 28.0 Å². The van der Waals surface area contributed by atoms with Gasteiger partial charge in [-0.15, -0.1) is 9.39 Å². The summed E-state index contributed by atoms with van der Waals surface area (Å²) in [6, 6.07) is 12.7. The smallest absolute Gasteiger partial charge is 0.278 e. The van der Waals surface area contributed by atoms with E-state index in [2.05, 4.69) is 33.2 Å². The lowest BCUT2D eigenvalue weighted by Gasteiger charge is -2.32. The van der Waals surface area contributed by atoms with Gasteiger partial charge < -0.3 is 4.31 Å². The van der Waals surface area contributed by atoms with Crippen LogP contribution in [0.15, 0.2) is 52.7 Å². The number of alkyl halides is 2. The Balaban J connectivity index is 1.88. The molecule has 1 heterocycles. The number of para-hydroxylation sites is 1. The predicted molar refractivity (Wildman–Crippen MR) is 121 cm³/mol. The van der Waals surface area contributed by atoms with Crippen molar-refractivity contribution >= 4 is 38.2 Å². The van der Waals surface area contributed by atoms with E-state index in [0.29, 0.717) is 23.4 Å². The lowest BCUT2D eigenvalue weighted by molar-refractivity contribution is 0.224. The molecule has 2 aromatic carbocycles. The molecule has 1 aliphatic heterocycles. The quantitative estimate of drug-likeness (QED) is 0.551. The van der Waals surface area contributed by atoms with Crippen molar-refractivity contribution in [2.75, 3.05) is 10.6 Å². The summed E-state index contributed by atoms with van der Waals surface area (Å²) in [6.45, 7) is 2.39. The first-order chi connectivity index (χ1) is 13.7. The van der Waals surface area contributed by atoms with E-state index < -0.39 is 21.6 Å². The van der Waals surface area contributed by atoms with Gasteiger partial charge in [-0.1, -0.05) is 49.0 Å². The first kappa shape index (κ1) is 21.2. The normalized spacial score (nSPS) is 14.1. The summed E-state index contributed by atoms with van der Waals surface area (Å²) >= 11 is 0. The van der Waals surface area contributed by atoms with Crippen LogP contribution >= 0.6 is 9.39 Å². The summed E-state index contributed by atoms with van der Waals surface area (Å²) in [5.74, 6) is 8.03. The predicted octanol–water partition coefficient (Wildman–Crippen LogP) is 5.42. The molecule has 0 spiro atoms. The van der Waals surface area contributed by atoms with E-state index in [4.69, 9.17) is 0 Å². The number of rotatable bonds is 7. The van der Waals surface area contributed by atoms with Crippen LogP contribution in [-0.2, 0) is 13.0 Å². The van der Waals surface area contributed by atoms with Gasteiger partial charge in [0.25, 0.3) is 6.43 Å². The summed E-state index contributed by atoms with van der Waals surface area (Å²) in [5.41, 5.74) is 3.15. The Kier molecular flexibility index (Phi) is 6.17. The molecule has 0 aromatic heterocycles. The maximum Gasteiger partial charge on any atom is 0.278 e. The lowest BCUT2D eigenvalue weighted by Crippen LogP contribution is -2.20. The standard InChI is InChI=1S/C22H24F3N3S/c1-5-15-8-6-7-9-21(15)28(29(2,3)4)14-17-11-10-16(12-18(17)23)19-13-20(22(24)25)27-26-19/h6-12,22H,2-3,5,13-14H2,1,4H3. The first-order valence-corrected chi connectivity index (χ1v) is 11.5. The fourth-order valence-electron chi connectivity index (χ4n) is 3.19. The molecule has 0 atom stereocenters. The van der Waals surface area contributed by atoms with Crippen molar-refractivity contribution in [2.24, 2.45) is 10.2 Å². The number of aryl methyl sites for hydroxylation is 1. The van der Waals surface area contributed by atoms with Gasteiger partial charge in [-0.05, 0) is 30.4 Å². The molecule has 3 nitrogen and oxygen atoms in total. The second-order valence-corrected chi connectivity index (χ2v) is 10.0. The van der Waals surface area contributed by atoms with Crippen molar-refractivity contribution in [3.05, 3.63) is 65.0 Å². The molecule has 0 unspecified atom stereocenters. The Labute approximate surface area is 170 Å². The average Bonchev–Trinajstić information content (AvgIpc) is 3.16. The molecule has 154 valence electrons. The van der Waals surface area contributed by atoms with E-state index in [1.807, 2.05) is 30.5 Å². The van der Waals surface area contributed by atoms with Crippen LogP contribution in [0.25, 0.3) is 0 Å². The largest absolute Gasteiger partial charge is 0.324 e. The molecule has 3 rings (SSSR count). The van der Waals surface area contributed by atoms with E-state index in [1.165, 1.54) is 6.07 Å². The van der Waals surface area contributed by atoms with Gasteiger partial charge in [0, 0.05) is 23.2 Å². The van der Waals surface area contributed by atoms with Crippen molar-refractivity contribution in [1.82, 2.24) is 0 Å². The van der Waals surface area contributed by atoms with Crippen LogP contribution < -0.4 is 4.31 Å². The number of anilines is 1. The third-order valence-corrected chi connectivity index (χ3v) is 6.16. The van der Waals surface area contributed by atoms with Crippen LogP contribution in [0.1, 0.15) is 30.0 Å². The van der Waals surface area contributed by atoms with Gasteiger partial charge in [-0.2, -0.15) is 10.2 Å². The summed E-state index contributed by atoms with van der Waals surface area (Å²) < 4.78 is 42.5. The zero-order chi connectivity index (χ0) is 21.2. The highest BCUT2D eigenvalue weighted by molar-refractivity contribution is 8.28. The summed E-state index contributed by atoms with van der Waals surface area (Å²) in [6.07, 6.45) is 0.0900. The third kappa shape index (κ3) is 4.72. The van der Waals surface area contributed by atoms with Gasteiger partial charge in [0.1, 0.15) is 11.5 Å². The molecule has 0 bridgehead atoms. The van der Waals surface area contributed by atoms with Crippen LogP contribution in [-0.4, -0.2) is 35.8 Å². The number of halogens is 3. The Hall–Kier alpha value is -2.54. The third-order valence-electron chi connectivity index (χ3n) is 4.77. The molecule has 1 aliphatic rings. The highest BCUT2D eigenvalue weighted by Gasteiger charge is 2.23. The Morgan fingerprint density at radius 1 is 1.10 bits per heavy atom. The van der Waals surface area contributed by atoms with Gasteiger partial charge in [0.05, 0.1) is 12.3 Å². The Morgan fingerprint density at radius 2 is 1.83 bits per heavy atom. The number of hydrogen-bond acceptors (Lipinski definition) is 3. The molecule has 0 radical (unpaired) electrons. The number of benzene rings is 2. The van der Waals surface area contributed by atoms with Gasteiger partial charge in [-0.3, -0.25) is 0 Å². The number of hydrogen-bond donors (Lipinski definition) is 0. The van der Waals surface area contributed by atoms with Crippen molar-refractivity contribution in [1.29, 1.82) is 0 Å². The Bertz CT molecular complexity index is 1070. The summed E-state index contributed by atoms with van der Waals surface area (Å²) in [4.78, 5) is 0. The number of nitrogens with zero attached hydrogens (tertiary/aromatic N) is 3. The molecule has 29 heavy (non-hydrogen) atoms. The zero-order valence-corrected chi connectivity index (χ0v) is 17.4. The minimum absolute atomic E-state index is 0.0631. The minimum Gasteiger partial charge on any atom is -0.324 e. The lowest BCUT2D eigenvalue weighted by atomic mass is 10.0. The second-order valence-electron chi connectivity index (χ2n) is 7.16. The molecule has 0 saturated carbocycles. The fraction of sp³-hybridized carbons (Fsp3) is 0.273. The summed E-state index contributed by atoms with van der Waals surface area (Å²) in [5, 5.41) is 7.28. The SMILES string of the molecule is C=S(=C)(C)N(Cc1ccc(C2=NN=C(C(F)F)C2)cc1F)c1ccccc1CC. The molecular weight excluding hydrogens is 395 g/mol. The highest BCUT2D eigenvalue weighted by Crippen LogP contribution is 2.34. The molecule has 0 fully saturated rings. The average molecular weight is 420 g/mol. The summed E-state index contributed by atoms with van der Waals surface area (Å²) in [7, 11) is -1.67. The maximum atomic E-state index is 14.9. The molecule has 0 aliphatic carbocycles. The first-order valence-electron chi connectivity index (χ1n) is 9.21. The van der Waals surface area contributed by atoms with Crippen molar-refractivity contribution in [2.45, 2.75) is 32.7 Å². The van der Waals surface area contributed by atoms with Crippen molar-refractivity contribution in [3.63, 3.8) is 0 Å². The van der Waals surface area contributed by atoms with Crippen molar-refractivity contribution in [3.8, 4) is 0 Å². The van der Waals surface area contributed by atoms with Crippen LogP contribution in [0.3, 0.4) is 0 Å². The van der Waals surface area contributed by atoms with Gasteiger partial charge in [-0.25, -0.2) is 13.2 Å². The van der Waals surface area contributed by atoms with Gasteiger partial charge in [0.2, 0.25) is 0 Å². The second kappa shape index (κ2) is 8.45. The van der Waals surface area contributed by atoms with Gasteiger partial charge >= 0.3 is 0 Å². The van der Waals surface area contributed by atoms with E-state index in [9.17, 15) is 13.2 Å². The van der Waals surface area contributed by atoms with Crippen LogP contribution in [0.4, 0.5) is 18.9 Å². The van der Waals surface area contributed by atoms with Gasteiger partial charge in [0.15, 0.2) is 0 Å². The van der Waals surface area contributed by atoms with Crippen LogP contribution in [0.2, 0.25) is 0 Å². The van der Waals surface area contributed by atoms with E-state index in [-0.39, 0.29) is 12.1 Å². The van der Waals surface area contributed by atoms with E-state index in [0.717, 1.165) is 17.7 Å². The zero-order valence-electron chi connectivity index (χ0n) is 16.5. The van der Waals surface area contributed by atoms with Crippen LogP contribution in [0.5, 0.6) is 0 Å². The molecule has 7 heteroatoms. The Morgan fingerprint density at radius 3 is 2.41 bits per heavy atom. The monoisotopic (exact) mass is 419 g/mol. The molecule has 0 N–H and O–H groups in total. The maximum absolute atomic E-state index is 14.9. The molecule has 0 amide bonds. The van der Waals surface area contributed by atoms with Crippen molar-refractivity contribution < 1.29 is 13.2 Å². The molecule has 2 aromatic rings. The minimum atomic E-state index is -2.65.